The molecule has 2 aliphatic rings. The Labute approximate surface area is 296 Å². The molecule has 2 heterocycles. The molecule has 1 aliphatic carbocycles. The van der Waals surface area contributed by atoms with Crippen LogP contribution in [0, 0.1) is 0 Å². The van der Waals surface area contributed by atoms with Gasteiger partial charge >= 0.3 is 0 Å². The van der Waals surface area contributed by atoms with Gasteiger partial charge in [-0.2, -0.15) is 0 Å². The van der Waals surface area contributed by atoms with Gasteiger partial charge in [0, 0.05) is 26.5 Å². The summed E-state index contributed by atoms with van der Waals surface area (Å²) in [5.74, 6) is 0.724. The first-order chi connectivity index (χ1) is 24.8. The van der Waals surface area contributed by atoms with Crippen molar-refractivity contribution in [3.8, 4) is 56.2 Å². The lowest BCUT2D eigenvalue weighted by Crippen LogP contribution is -2.31. The van der Waals surface area contributed by atoms with Crippen LogP contribution in [0.25, 0.3) is 56.2 Å². The lowest BCUT2D eigenvalue weighted by atomic mass is 9.67. The number of aromatic nitrogens is 2. The summed E-state index contributed by atoms with van der Waals surface area (Å²) in [6.07, 6.45) is 0. The van der Waals surface area contributed by atoms with Crippen LogP contribution in [0.15, 0.2) is 192 Å². The Balaban J connectivity index is 1.08. The molecule has 7 aromatic carbocycles. The third-order valence-corrected chi connectivity index (χ3v) is 11.3. The average molecular weight is 655 g/mol. The van der Waals surface area contributed by atoms with Gasteiger partial charge in [0.25, 0.3) is 0 Å². The van der Waals surface area contributed by atoms with E-state index in [2.05, 4.69) is 158 Å². The standard InChI is InChI=1S/C47H30N2S/c1-3-13-32(14-4-1)42-30-43(49-46(48-42)34-15-5-2-6-16-34)33-25-23-31(24-26-33)35-27-28-41-45(29-35)50-44-22-12-11-21-40(44)47(41)38-19-9-7-17-36(38)37-18-8-10-20-39(37)47/h1-30H. The van der Waals surface area contributed by atoms with Crippen LogP contribution in [-0.2, 0) is 5.41 Å². The molecule has 1 aliphatic heterocycles. The van der Waals surface area contributed by atoms with Crippen LogP contribution in [0.1, 0.15) is 22.3 Å². The van der Waals surface area contributed by atoms with Gasteiger partial charge < -0.3 is 0 Å². The number of hydrogen-bond acceptors (Lipinski definition) is 3. The molecule has 0 N–H and O–H groups in total. The van der Waals surface area contributed by atoms with Crippen molar-refractivity contribution in [3.05, 3.63) is 204 Å². The number of rotatable bonds is 4. The van der Waals surface area contributed by atoms with E-state index in [0.29, 0.717) is 0 Å². The predicted octanol–water partition coefficient (Wildman–Crippen LogP) is 12.0. The summed E-state index contributed by atoms with van der Waals surface area (Å²) in [4.78, 5) is 12.6. The molecule has 0 fully saturated rings. The third-order valence-electron chi connectivity index (χ3n) is 10.2. The number of benzene rings is 7. The van der Waals surface area contributed by atoms with E-state index in [9.17, 15) is 0 Å². The maximum absolute atomic E-state index is 5.04. The molecule has 50 heavy (non-hydrogen) atoms. The van der Waals surface area contributed by atoms with Gasteiger partial charge in [-0.05, 0) is 62.7 Å². The van der Waals surface area contributed by atoms with E-state index < -0.39 is 0 Å². The zero-order chi connectivity index (χ0) is 33.1. The van der Waals surface area contributed by atoms with Crippen molar-refractivity contribution >= 4 is 11.8 Å². The van der Waals surface area contributed by atoms with Crippen molar-refractivity contribution < 1.29 is 0 Å². The Morgan fingerprint density at radius 3 is 1.48 bits per heavy atom. The van der Waals surface area contributed by atoms with Crippen molar-refractivity contribution in [2.75, 3.05) is 0 Å². The summed E-state index contributed by atoms with van der Waals surface area (Å²) in [5, 5.41) is 0. The summed E-state index contributed by atoms with van der Waals surface area (Å²) in [5.41, 5.74) is 15.1. The van der Waals surface area contributed by atoms with Crippen LogP contribution >= 0.6 is 11.8 Å². The van der Waals surface area contributed by atoms with Gasteiger partial charge in [-0.1, -0.05) is 176 Å². The molecule has 0 amide bonds. The molecule has 234 valence electrons. The second kappa shape index (κ2) is 11.5. The normalized spacial score (nSPS) is 13.3. The van der Waals surface area contributed by atoms with Gasteiger partial charge in [-0.15, -0.1) is 0 Å². The fourth-order valence-electron chi connectivity index (χ4n) is 7.94. The number of fused-ring (bicyclic) bond motifs is 9. The number of nitrogens with zero attached hydrogens (tertiary/aromatic N) is 2. The van der Waals surface area contributed by atoms with E-state index >= 15 is 0 Å². The van der Waals surface area contributed by atoms with Gasteiger partial charge in [0.05, 0.1) is 16.8 Å². The zero-order valence-corrected chi connectivity index (χ0v) is 27.9. The third kappa shape index (κ3) is 4.44. The monoisotopic (exact) mass is 654 g/mol. The maximum atomic E-state index is 5.04. The molecule has 1 aromatic heterocycles. The molecule has 2 nitrogen and oxygen atoms in total. The van der Waals surface area contributed by atoms with E-state index in [1.807, 2.05) is 36.0 Å². The highest BCUT2D eigenvalue weighted by Gasteiger charge is 2.49. The van der Waals surface area contributed by atoms with Crippen LogP contribution in [-0.4, -0.2) is 9.97 Å². The Morgan fingerprint density at radius 1 is 0.340 bits per heavy atom. The largest absolute Gasteiger partial charge is 0.228 e. The summed E-state index contributed by atoms with van der Waals surface area (Å²) in [6.45, 7) is 0. The van der Waals surface area contributed by atoms with Crippen LogP contribution < -0.4 is 0 Å². The van der Waals surface area contributed by atoms with Crippen molar-refractivity contribution in [1.29, 1.82) is 0 Å². The van der Waals surface area contributed by atoms with Crippen molar-refractivity contribution in [2.24, 2.45) is 0 Å². The van der Waals surface area contributed by atoms with Gasteiger partial charge in [0.2, 0.25) is 0 Å². The molecule has 8 aromatic rings. The molecule has 0 radical (unpaired) electrons. The highest BCUT2D eigenvalue weighted by molar-refractivity contribution is 7.99. The Hall–Kier alpha value is -6.03. The minimum atomic E-state index is -0.354. The average Bonchev–Trinajstić information content (AvgIpc) is 3.49. The predicted molar refractivity (Wildman–Crippen MR) is 205 cm³/mol. The van der Waals surface area contributed by atoms with E-state index in [-0.39, 0.29) is 5.41 Å². The fourth-order valence-corrected chi connectivity index (χ4v) is 9.17. The Morgan fingerprint density at radius 2 is 0.820 bits per heavy atom. The summed E-state index contributed by atoms with van der Waals surface area (Å²) >= 11 is 1.88. The zero-order valence-electron chi connectivity index (χ0n) is 27.1. The molecular formula is C47H30N2S. The number of hydrogen-bond donors (Lipinski definition) is 0. The second-order valence-corrected chi connectivity index (χ2v) is 14.0. The molecule has 0 atom stereocenters. The minimum Gasteiger partial charge on any atom is -0.228 e. The van der Waals surface area contributed by atoms with Gasteiger partial charge in [-0.25, -0.2) is 9.97 Å². The first kappa shape index (κ1) is 28.9. The molecule has 10 rings (SSSR count). The van der Waals surface area contributed by atoms with Gasteiger partial charge in [-0.3, -0.25) is 0 Å². The SMILES string of the molecule is c1ccc(-c2cc(-c3ccc(-c4ccc5c(c4)Sc4ccccc4C54c5ccccc5-c5ccccc54)cc3)nc(-c3ccccc3)n2)cc1. The first-order valence-electron chi connectivity index (χ1n) is 17.0. The van der Waals surface area contributed by atoms with Gasteiger partial charge in [0.15, 0.2) is 5.82 Å². The van der Waals surface area contributed by atoms with Crippen LogP contribution in [0.3, 0.4) is 0 Å². The van der Waals surface area contributed by atoms with E-state index in [4.69, 9.17) is 9.97 Å². The van der Waals surface area contributed by atoms with E-state index in [0.717, 1.165) is 33.9 Å². The summed E-state index contributed by atoms with van der Waals surface area (Å²) < 4.78 is 0. The molecule has 3 heteroatoms. The van der Waals surface area contributed by atoms with Gasteiger partial charge in [0.1, 0.15) is 0 Å². The van der Waals surface area contributed by atoms with E-state index in [1.165, 1.54) is 54.3 Å². The fraction of sp³-hybridized carbons (Fsp3) is 0.0213. The van der Waals surface area contributed by atoms with Crippen LogP contribution in [0.2, 0.25) is 0 Å². The highest BCUT2D eigenvalue weighted by atomic mass is 32.2. The Bertz CT molecular complexity index is 2450. The smallest absolute Gasteiger partial charge is 0.160 e. The molecule has 0 saturated carbocycles. The van der Waals surface area contributed by atoms with E-state index in [1.54, 1.807) is 0 Å². The lowest BCUT2D eigenvalue weighted by molar-refractivity contribution is 0.722. The molecule has 0 saturated heterocycles. The maximum Gasteiger partial charge on any atom is 0.160 e. The lowest BCUT2D eigenvalue weighted by Gasteiger charge is -2.39. The molecular weight excluding hydrogens is 625 g/mol. The molecule has 1 spiro atoms. The van der Waals surface area contributed by atoms with Crippen LogP contribution in [0.4, 0.5) is 0 Å². The molecule has 0 bridgehead atoms. The quantitative estimate of drug-likeness (QED) is 0.189. The first-order valence-corrected chi connectivity index (χ1v) is 17.8. The Kier molecular flexibility index (Phi) is 6.68. The van der Waals surface area contributed by atoms with Crippen molar-refractivity contribution in [1.82, 2.24) is 9.97 Å². The minimum absolute atomic E-state index is 0.354. The van der Waals surface area contributed by atoms with Crippen molar-refractivity contribution in [3.63, 3.8) is 0 Å². The van der Waals surface area contributed by atoms with Crippen molar-refractivity contribution in [2.45, 2.75) is 15.2 Å². The second-order valence-electron chi connectivity index (χ2n) is 12.9. The summed E-state index contributed by atoms with van der Waals surface area (Å²) in [7, 11) is 0. The topological polar surface area (TPSA) is 25.8 Å². The highest BCUT2D eigenvalue weighted by Crippen LogP contribution is 2.62. The molecule has 0 unspecified atom stereocenters. The van der Waals surface area contributed by atoms with Crippen LogP contribution in [0.5, 0.6) is 0 Å². The summed E-state index contributed by atoms with van der Waals surface area (Å²) in [6, 6.07) is 65.5.